The lowest BCUT2D eigenvalue weighted by atomic mass is 10.2. The summed E-state index contributed by atoms with van der Waals surface area (Å²) in [5.41, 5.74) is 0.459. The summed E-state index contributed by atoms with van der Waals surface area (Å²) in [5.74, 6) is -1.26. The highest BCUT2D eigenvalue weighted by molar-refractivity contribution is 5.96. The molecule has 1 aromatic carbocycles. The molecule has 2 amide bonds. The number of amides is 2. The van der Waals surface area contributed by atoms with Crippen LogP contribution in [-0.2, 0) is 14.3 Å². The van der Waals surface area contributed by atoms with Crippen molar-refractivity contribution < 1.29 is 19.1 Å². The van der Waals surface area contributed by atoms with Crippen LogP contribution < -0.4 is 5.32 Å². The predicted octanol–water partition coefficient (Wildman–Crippen LogP) is 1.99. The van der Waals surface area contributed by atoms with Crippen molar-refractivity contribution in [2.75, 3.05) is 6.54 Å². The summed E-state index contributed by atoms with van der Waals surface area (Å²) in [7, 11) is 0. The molecule has 0 saturated carbocycles. The van der Waals surface area contributed by atoms with E-state index in [2.05, 4.69) is 5.32 Å². The van der Waals surface area contributed by atoms with E-state index in [1.807, 2.05) is 27.7 Å². The highest BCUT2D eigenvalue weighted by atomic mass is 16.5. The van der Waals surface area contributed by atoms with Gasteiger partial charge in [-0.05, 0) is 46.8 Å². The van der Waals surface area contributed by atoms with E-state index in [9.17, 15) is 14.4 Å². The molecular weight excluding hydrogens is 308 g/mol. The summed E-state index contributed by atoms with van der Waals surface area (Å²) >= 11 is 0. The zero-order valence-corrected chi connectivity index (χ0v) is 14.9. The van der Waals surface area contributed by atoms with E-state index < -0.39 is 12.1 Å². The van der Waals surface area contributed by atoms with E-state index in [4.69, 9.17) is 4.74 Å². The third-order valence-corrected chi connectivity index (χ3v) is 3.45. The average molecular weight is 334 g/mol. The standard InChI is InChI=1S/C18H26N2O4/c1-12(2)20(13(3)4)18(23)14(5)24-16(21)11-19-17(22)15-9-7-6-8-10-15/h6-10,12-14H,11H2,1-5H3,(H,19,22). The van der Waals surface area contributed by atoms with Crippen LogP contribution in [0, 0.1) is 0 Å². The van der Waals surface area contributed by atoms with Crippen LogP contribution in [0.4, 0.5) is 0 Å². The molecule has 24 heavy (non-hydrogen) atoms. The minimum absolute atomic E-state index is 0.0106. The molecule has 0 aliphatic heterocycles. The Morgan fingerprint density at radius 1 is 1.00 bits per heavy atom. The molecule has 1 atom stereocenters. The van der Waals surface area contributed by atoms with Gasteiger partial charge in [0, 0.05) is 17.6 Å². The van der Waals surface area contributed by atoms with E-state index >= 15 is 0 Å². The highest BCUT2D eigenvalue weighted by Crippen LogP contribution is 2.09. The number of nitrogens with one attached hydrogen (secondary N) is 1. The van der Waals surface area contributed by atoms with Gasteiger partial charge in [0.25, 0.3) is 11.8 Å². The van der Waals surface area contributed by atoms with Gasteiger partial charge in [-0.2, -0.15) is 0 Å². The maximum atomic E-state index is 12.4. The van der Waals surface area contributed by atoms with Crippen molar-refractivity contribution in [1.29, 1.82) is 0 Å². The Morgan fingerprint density at radius 2 is 1.54 bits per heavy atom. The van der Waals surface area contributed by atoms with Gasteiger partial charge in [-0.3, -0.25) is 14.4 Å². The fraction of sp³-hybridized carbons (Fsp3) is 0.500. The van der Waals surface area contributed by atoms with Gasteiger partial charge in [-0.25, -0.2) is 0 Å². The molecule has 0 aromatic heterocycles. The molecule has 6 heteroatoms. The second-order valence-corrected chi connectivity index (χ2v) is 6.11. The Labute approximate surface area is 143 Å². The van der Waals surface area contributed by atoms with Crippen molar-refractivity contribution in [3.05, 3.63) is 35.9 Å². The summed E-state index contributed by atoms with van der Waals surface area (Å²) in [6.07, 6.45) is -0.893. The molecule has 0 radical (unpaired) electrons. The lowest BCUT2D eigenvalue weighted by molar-refractivity contribution is -0.160. The molecule has 0 heterocycles. The van der Waals surface area contributed by atoms with Crippen LogP contribution in [0.25, 0.3) is 0 Å². The second-order valence-electron chi connectivity index (χ2n) is 6.11. The molecule has 0 spiro atoms. The fourth-order valence-electron chi connectivity index (χ4n) is 2.45. The molecule has 0 aliphatic carbocycles. The lowest BCUT2D eigenvalue weighted by Crippen LogP contribution is -2.48. The highest BCUT2D eigenvalue weighted by Gasteiger charge is 2.27. The first-order valence-electron chi connectivity index (χ1n) is 8.09. The van der Waals surface area contributed by atoms with Crippen LogP contribution in [0.2, 0.25) is 0 Å². The normalized spacial score (nSPS) is 12.0. The zero-order chi connectivity index (χ0) is 18.3. The van der Waals surface area contributed by atoms with E-state index in [0.717, 1.165) is 0 Å². The number of nitrogens with zero attached hydrogens (tertiary/aromatic N) is 1. The molecule has 0 bridgehead atoms. The SMILES string of the molecule is CC(OC(=O)CNC(=O)c1ccccc1)C(=O)N(C(C)C)C(C)C. The van der Waals surface area contributed by atoms with E-state index in [-0.39, 0.29) is 30.4 Å². The van der Waals surface area contributed by atoms with Gasteiger partial charge in [0.05, 0.1) is 0 Å². The number of hydrogen-bond donors (Lipinski definition) is 1. The largest absolute Gasteiger partial charge is 0.451 e. The van der Waals surface area contributed by atoms with Gasteiger partial charge in [0.1, 0.15) is 6.54 Å². The van der Waals surface area contributed by atoms with Crippen LogP contribution >= 0.6 is 0 Å². The number of carbonyl (C=O) groups is 3. The van der Waals surface area contributed by atoms with Gasteiger partial charge in [-0.15, -0.1) is 0 Å². The lowest BCUT2D eigenvalue weighted by Gasteiger charge is -2.32. The van der Waals surface area contributed by atoms with Crippen molar-refractivity contribution >= 4 is 17.8 Å². The molecular formula is C18H26N2O4. The number of benzene rings is 1. The minimum atomic E-state index is -0.893. The molecule has 0 aliphatic rings. The van der Waals surface area contributed by atoms with Crippen LogP contribution in [0.3, 0.4) is 0 Å². The molecule has 1 unspecified atom stereocenters. The monoisotopic (exact) mass is 334 g/mol. The number of carbonyl (C=O) groups excluding carboxylic acids is 3. The number of hydrogen-bond acceptors (Lipinski definition) is 4. The van der Waals surface area contributed by atoms with Crippen LogP contribution in [0.15, 0.2) is 30.3 Å². The van der Waals surface area contributed by atoms with Gasteiger partial charge < -0.3 is 15.0 Å². The number of rotatable bonds is 7. The second kappa shape index (κ2) is 9.05. The minimum Gasteiger partial charge on any atom is -0.451 e. The first-order valence-corrected chi connectivity index (χ1v) is 8.09. The Morgan fingerprint density at radius 3 is 2.04 bits per heavy atom. The molecule has 0 fully saturated rings. The van der Waals surface area contributed by atoms with E-state index in [1.54, 1.807) is 35.2 Å². The van der Waals surface area contributed by atoms with Gasteiger partial charge in [-0.1, -0.05) is 18.2 Å². The molecule has 0 saturated heterocycles. The maximum absolute atomic E-state index is 12.4. The molecule has 6 nitrogen and oxygen atoms in total. The summed E-state index contributed by atoms with van der Waals surface area (Å²) in [6, 6.07) is 8.59. The van der Waals surface area contributed by atoms with Gasteiger partial charge >= 0.3 is 5.97 Å². The summed E-state index contributed by atoms with van der Waals surface area (Å²) in [4.78, 5) is 37.8. The third kappa shape index (κ3) is 5.68. The van der Waals surface area contributed by atoms with Crippen LogP contribution in [-0.4, -0.2) is 47.4 Å². The van der Waals surface area contributed by atoms with Crippen LogP contribution in [0.5, 0.6) is 0 Å². The van der Waals surface area contributed by atoms with Crippen molar-refractivity contribution in [2.45, 2.75) is 52.8 Å². The van der Waals surface area contributed by atoms with Gasteiger partial charge in [0.2, 0.25) is 0 Å². The predicted molar refractivity (Wildman–Crippen MR) is 91.4 cm³/mol. The van der Waals surface area contributed by atoms with Gasteiger partial charge in [0.15, 0.2) is 6.10 Å². The van der Waals surface area contributed by atoms with Crippen molar-refractivity contribution in [1.82, 2.24) is 10.2 Å². The first kappa shape index (κ1) is 19.7. The molecule has 1 aromatic rings. The Bertz CT molecular complexity index is 562. The van der Waals surface area contributed by atoms with E-state index in [0.29, 0.717) is 5.56 Å². The van der Waals surface area contributed by atoms with Crippen molar-refractivity contribution in [3.8, 4) is 0 Å². The summed E-state index contributed by atoms with van der Waals surface area (Å²) in [5, 5.41) is 2.48. The third-order valence-electron chi connectivity index (χ3n) is 3.45. The molecule has 1 rings (SSSR count). The summed E-state index contributed by atoms with van der Waals surface area (Å²) < 4.78 is 5.13. The average Bonchev–Trinajstić information content (AvgIpc) is 2.52. The summed E-state index contributed by atoms with van der Waals surface area (Å²) in [6.45, 7) is 8.89. The number of esters is 1. The Kier molecular flexibility index (Phi) is 7.42. The maximum Gasteiger partial charge on any atom is 0.326 e. The topological polar surface area (TPSA) is 75.7 Å². The van der Waals surface area contributed by atoms with Crippen molar-refractivity contribution in [2.24, 2.45) is 0 Å². The molecule has 132 valence electrons. The Balaban J connectivity index is 2.52. The smallest absolute Gasteiger partial charge is 0.326 e. The number of ether oxygens (including phenoxy) is 1. The first-order chi connectivity index (χ1) is 11.2. The van der Waals surface area contributed by atoms with Crippen molar-refractivity contribution in [3.63, 3.8) is 0 Å². The van der Waals surface area contributed by atoms with Crippen LogP contribution in [0.1, 0.15) is 45.0 Å². The zero-order valence-electron chi connectivity index (χ0n) is 14.9. The quantitative estimate of drug-likeness (QED) is 0.774. The fourth-order valence-corrected chi connectivity index (χ4v) is 2.45. The molecule has 1 N–H and O–H groups in total. The van der Waals surface area contributed by atoms with E-state index in [1.165, 1.54) is 6.92 Å². The Hall–Kier alpha value is -2.37.